The molecular weight excluding hydrogens is 200 g/mol. The lowest BCUT2D eigenvalue weighted by atomic mass is 10.1. The van der Waals surface area contributed by atoms with E-state index in [0.717, 1.165) is 12.8 Å². The summed E-state index contributed by atoms with van der Waals surface area (Å²) in [5, 5.41) is 0. The average Bonchev–Trinajstić information content (AvgIpc) is 2.25. The Morgan fingerprint density at radius 2 is 1.62 bits per heavy atom. The van der Waals surface area contributed by atoms with Crippen LogP contribution in [0, 0.1) is 0 Å². The fourth-order valence-corrected chi connectivity index (χ4v) is 1.47. The minimum Gasteiger partial charge on any atom is -0.435 e. The Kier molecular flexibility index (Phi) is 11.2. The van der Waals surface area contributed by atoms with Gasteiger partial charge in [-0.1, -0.05) is 31.8 Å². The number of carbonyl (C=O) groups excluding carboxylic acids is 1. The summed E-state index contributed by atoms with van der Waals surface area (Å²) < 4.78 is 4.68. The van der Waals surface area contributed by atoms with Crippen molar-refractivity contribution in [2.75, 3.05) is 0 Å². The number of ether oxygens (including phenoxy) is 1. The second kappa shape index (κ2) is 12.0. The molecule has 0 amide bonds. The number of esters is 1. The molecule has 0 aliphatic rings. The van der Waals surface area contributed by atoms with Crippen molar-refractivity contribution in [2.45, 2.75) is 58.3 Å². The molecule has 0 atom stereocenters. The monoisotopic (exact) mass is 224 g/mol. The van der Waals surface area contributed by atoms with Crippen molar-refractivity contribution in [2.24, 2.45) is 0 Å². The van der Waals surface area contributed by atoms with E-state index in [-0.39, 0.29) is 5.97 Å². The first-order valence-electron chi connectivity index (χ1n) is 6.20. The molecule has 0 heterocycles. The van der Waals surface area contributed by atoms with Gasteiger partial charge in [0.05, 0.1) is 6.26 Å². The van der Waals surface area contributed by atoms with Crippen molar-refractivity contribution < 1.29 is 9.53 Å². The van der Waals surface area contributed by atoms with Gasteiger partial charge < -0.3 is 4.74 Å². The lowest BCUT2D eigenvalue weighted by molar-refractivity contribution is -0.135. The molecule has 0 fully saturated rings. The number of allylic oxidation sites excluding steroid dienone is 2. The summed E-state index contributed by atoms with van der Waals surface area (Å²) in [4.78, 5) is 10.4. The summed E-state index contributed by atoms with van der Waals surface area (Å²) in [6.07, 6.45) is 15.2. The van der Waals surface area contributed by atoms with Crippen molar-refractivity contribution in [1.82, 2.24) is 0 Å². The number of unbranched alkanes of at least 4 members (excludes halogenated alkanes) is 7. The van der Waals surface area contributed by atoms with E-state index >= 15 is 0 Å². The van der Waals surface area contributed by atoms with E-state index in [9.17, 15) is 4.79 Å². The lowest BCUT2D eigenvalue weighted by Gasteiger charge is -1.99. The van der Waals surface area contributed by atoms with Crippen molar-refractivity contribution >= 4 is 5.97 Å². The normalized spacial score (nSPS) is 10.6. The SMILES string of the molecule is C=CCCCCCCCCC=COC(C)=O. The maximum atomic E-state index is 10.4. The Morgan fingerprint density at radius 3 is 2.19 bits per heavy atom. The highest BCUT2D eigenvalue weighted by molar-refractivity contribution is 5.66. The molecule has 0 aromatic carbocycles. The van der Waals surface area contributed by atoms with Gasteiger partial charge >= 0.3 is 5.97 Å². The molecule has 0 saturated carbocycles. The third-order valence-corrected chi connectivity index (χ3v) is 2.36. The van der Waals surface area contributed by atoms with Gasteiger partial charge in [0.15, 0.2) is 0 Å². The summed E-state index contributed by atoms with van der Waals surface area (Å²) in [5.74, 6) is -0.251. The largest absolute Gasteiger partial charge is 0.435 e. The fraction of sp³-hybridized carbons (Fsp3) is 0.643. The average molecular weight is 224 g/mol. The highest BCUT2D eigenvalue weighted by Crippen LogP contribution is 2.08. The summed E-state index contributed by atoms with van der Waals surface area (Å²) in [6.45, 7) is 5.12. The molecule has 16 heavy (non-hydrogen) atoms. The molecule has 0 aromatic rings. The van der Waals surface area contributed by atoms with Crippen LogP contribution in [0.3, 0.4) is 0 Å². The Bertz CT molecular complexity index is 207. The Balaban J connectivity index is 3.06. The van der Waals surface area contributed by atoms with E-state index in [4.69, 9.17) is 0 Å². The van der Waals surface area contributed by atoms with Gasteiger partial charge in [0.25, 0.3) is 0 Å². The maximum Gasteiger partial charge on any atom is 0.307 e. The molecule has 0 rings (SSSR count). The molecule has 0 radical (unpaired) electrons. The smallest absolute Gasteiger partial charge is 0.307 e. The van der Waals surface area contributed by atoms with Crippen molar-refractivity contribution in [1.29, 1.82) is 0 Å². The van der Waals surface area contributed by atoms with Crippen LogP contribution >= 0.6 is 0 Å². The number of hydrogen-bond donors (Lipinski definition) is 0. The highest BCUT2D eigenvalue weighted by Gasteiger charge is 1.90. The van der Waals surface area contributed by atoms with Crippen LogP contribution in [0.5, 0.6) is 0 Å². The molecule has 0 aliphatic heterocycles. The van der Waals surface area contributed by atoms with Gasteiger partial charge in [-0.15, -0.1) is 6.58 Å². The predicted octanol–water partition coefficient (Wildman–Crippen LogP) is 4.37. The molecule has 92 valence electrons. The molecule has 0 spiro atoms. The third-order valence-electron chi connectivity index (χ3n) is 2.36. The first kappa shape index (κ1) is 14.9. The number of carbonyl (C=O) groups is 1. The second-order valence-electron chi connectivity index (χ2n) is 3.97. The summed E-state index contributed by atoms with van der Waals surface area (Å²) in [5.41, 5.74) is 0. The van der Waals surface area contributed by atoms with Gasteiger partial charge in [-0.05, 0) is 31.8 Å². The van der Waals surface area contributed by atoms with Gasteiger partial charge in [-0.2, -0.15) is 0 Å². The minimum atomic E-state index is -0.251. The van der Waals surface area contributed by atoms with E-state index in [1.807, 2.05) is 12.2 Å². The van der Waals surface area contributed by atoms with Crippen molar-refractivity contribution in [3.63, 3.8) is 0 Å². The van der Waals surface area contributed by atoms with Gasteiger partial charge in [0.1, 0.15) is 0 Å². The van der Waals surface area contributed by atoms with Crippen molar-refractivity contribution in [3.05, 3.63) is 25.0 Å². The second-order valence-corrected chi connectivity index (χ2v) is 3.97. The van der Waals surface area contributed by atoms with Crippen LogP contribution in [0.4, 0.5) is 0 Å². The maximum absolute atomic E-state index is 10.4. The fourth-order valence-electron chi connectivity index (χ4n) is 1.47. The Hall–Kier alpha value is -1.05. The van der Waals surface area contributed by atoms with E-state index in [1.54, 1.807) is 0 Å². The lowest BCUT2D eigenvalue weighted by Crippen LogP contribution is -1.89. The van der Waals surface area contributed by atoms with E-state index in [0.29, 0.717) is 0 Å². The third kappa shape index (κ3) is 12.9. The van der Waals surface area contributed by atoms with Crippen LogP contribution in [0.15, 0.2) is 25.0 Å². The van der Waals surface area contributed by atoms with Gasteiger partial charge in [-0.25, -0.2) is 0 Å². The molecule has 2 nitrogen and oxygen atoms in total. The Labute approximate surface area is 99.4 Å². The number of hydrogen-bond acceptors (Lipinski definition) is 2. The van der Waals surface area contributed by atoms with Gasteiger partial charge in [0, 0.05) is 6.92 Å². The first-order chi connectivity index (χ1) is 7.77. The van der Waals surface area contributed by atoms with Crippen LogP contribution in [0.1, 0.15) is 58.3 Å². The first-order valence-corrected chi connectivity index (χ1v) is 6.20. The molecule has 2 heteroatoms. The zero-order valence-corrected chi connectivity index (χ0v) is 10.4. The van der Waals surface area contributed by atoms with Crippen LogP contribution < -0.4 is 0 Å². The van der Waals surface area contributed by atoms with E-state index in [1.165, 1.54) is 51.7 Å². The number of rotatable bonds is 10. The molecular formula is C14H24O2. The molecule has 0 aliphatic carbocycles. The predicted molar refractivity (Wildman–Crippen MR) is 68.0 cm³/mol. The van der Waals surface area contributed by atoms with E-state index in [2.05, 4.69) is 11.3 Å². The molecule has 0 unspecified atom stereocenters. The summed E-state index contributed by atoms with van der Waals surface area (Å²) >= 11 is 0. The molecule has 0 saturated heterocycles. The van der Waals surface area contributed by atoms with Crippen LogP contribution in [-0.4, -0.2) is 5.97 Å². The van der Waals surface area contributed by atoms with Gasteiger partial charge in [0.2, 0.25) is 0 Å². The topological polar surface area (TPSA) is 26.3 Å². The minimum absolute atomic E-state index is 0.251. The summed E-state index contributed by atoms with van der Waals surface area (Å²) in [6, 6.07) is 0. The molecule has 0 aromatic heterocycles. The zero-order chi connectivity index (χ0) is 12.1. The van der Waals surface area contributed by atoms with Crippen LogP contribution in [-0.2, 0) is 9.53 Å². The highest BCUT2D eigenvalue weighted by atomic mass is 16.5. The van der Waals surface area contributed by atoms with E-state index < -0.39 is 0 Å². The van der Waals surface area contributed by atoms with Gasteiger partial charge in [-0.3, -0.25) is 4.79 Å². The standard InChI is InChI=1S/C14H24O2/c1-3-4-5-6-7-8-9-10-11-12-13-16-14(2)15/h3,12-13H,1,4-11H2,2H3. The quantitative estimate of drug-likeness (QED) is 0.238. The van der Waals surface area contributed by atoms with Crippen LogP contribution in [0.2, 0.25) is 0 Å². The zero-order valence-electron chi connectivity index (χ0n) is 10.4. The van der Waals surface area contributed by atoms with Crippen LogP contribution in [0.25, 0.3) is 0 Å². The molecule has 0 N–H and O–H groups in total. The molecule has 0 bridgehead atoms. The Morgan fingerprint density at radius 1 is 1.06 bits per heavy atom. The summed E-state index contributed by atoms with van der Waals surface area (Å²) in [7, 11) is 0. The van der Waals surface area contributed by atoms with Crippen molar-refractivity contribution in [3.8, 4) is 0 Å².